The smallest absolute Gasteiger partial charge is 0.132 e. The summed E-state index contributed by atoms with van der Waals surface area (Å²) in [5, 5.41) is 0. The van der Waals surface area contributed by atoms with Crippen molar-refractivity contribution in [3.05, 3.63) is 150 Å². The number of hydrogen-bond donors (Lipinski definition) is 0. The first-order valence-electron chi connectivity index (χ1n) is 12.4. The minimum atomic E-state index is -0.536. The Labute approximate surface area is 214 Å². The molecule has 0 N–H and O–H groups in total. The molecular formula is C33H21N3O. The molecule has 0 amide bonds. The van der Waals surface area contributed by atoms with Crippen molar-refractivity contribution in [1.29, 1.82) is 0 Å². The van der Waals surface area contributed by atoms with E-state index in [1.165, 1.54) is 11.1 Å². The SMILES string of the molecule is c1ccc2c(c1)Oc1ccccc1C21c2ccccc2N(c2cccc3nccnc23)c2ccccc21. The first-order chi connectivity index (χ1) is 18.4. The van der Waals surface area contributed by atoms with Crippen LogP contribution in [0, 0.1) is 0 Å². The summed E-state index contributed by atoms with van der Waals surface area (Å²) in [5.41, 5.74) is 9.15. The number of rotatable bonds is 1. The normalized spacial score (nSPS) is 14.3. The standard InChI is InChI=1S/C33H21N3O/c1-5-15-27-22(10-1)33(24-12-3-7-18-30(24)37-31-19-8-4-13-25(31)33)23-11-2-6-16-28(23)36(27)29-17-9-14-26-32(29)35-21-20-34-26/h1-21H. The van der Waals surface area contributed by atoms with Crippen LogP contribution in [0.25, 0.3) is 11.0 Å². The summed E-state index contributed by atoms with van der Waals surface area (Å²) in [7, 11) is 0. The second kappa shape index (κ2) is 7.52. The lowest BCUT2D eigenvalue weighted by atomic mass is 9.61. The van der Waals surface area contributed by atoms with Gasteiger partial charge in [0, 0.05) is 23.5 Å². The van der Waals surface area contributed by atoms with Crippen molar-refractivity contribution in [2.45, 2.75) is 5.41 Å². The molecule has 174 valence electrons. The lowest BCUT2D eigenvalue weighted by Gasteiger charge is -2.48. The van der Waals surface area contributed by atoms with Crippen LogP contribution in [-0.4, -0.2) is 9.97 Å². The van der Waals surface area contributed by atoms with E-state index in [1.54, 1.807) is 12.4 Å². The summed E-state index contributed by atoms with van der Waals surface area (Å²) in [4.78, 5) is 11.7. The molecule has 0 saturated carbocycles. The Morgan fingerprint density at radius 1 is 0.486 bits per heavy atom. The average Bonchev–Trinajstić information content (AvgIpc) is 2.97. The molecule has 4 heteroatoms. The van der Waals surface area contributed by atoms with Crippen molar-refractivity contribution in [3.8, 4) is 11.5 Å². The number of fused-ring (bicyclic) bond motifs is 9. The molecule has 8 rings (SSSR count). The highest BCUT2D eigenvalue weighted by atomic mass is 16.5. The number of nitrogens with zero attached hydrogens (tertiary/aromatic N) is 3. The Balaban J connectivity index is 1.54. The van der Waals surface area contributed by atoms with E-state index in [-0.39, 0.29) is 0 Å². The van der Waals surface area contributed by atoms with Crippen LogP contribution >= 0.6 is 0 Å². The summed E-state index contributed by atoms with van der Waals surface area (Å²) >= 11 is 0. The van der Waals surface area contributed by atoms with Gasteiger partial charge in [0.2, 0.25) is 0 Å². The monoisotopic (exact) mass is 475 g/mol. The number of aromatic nitrogens is 2. The highest BCUT2D eigenvalue weighted by Gasteiger charge is 2.51. The van der Waals surface area contributed by atoms with E-state index in [9.17, 15) is 0 Å². The van der Waals surface area contributed by atoms with Crippen molar-refractivity contribution < 1.29 is 4.74 Å². The lowest BCUT2D eigenvalue weighted by molar-refractivity contribution is 0.434. The predicted molar refractivity (Wildman–Crippen MR) is 146 cm³/mol. The molecule has 3 heterocycles. The third-order valence-corrected chi connectivity index (χ3v) is 7.62. The molecule has 2 aliphatic heterocycles. The van der Waals surface area contributed by atoms with Crippen molar-refractivity contribution in [2.75, 3.05) is 4.90 Å². The Bertz CT molecular complexity index is 1740. The van der Waals surface area contributed by atoms with E-state index in [1.807, 2.05) is 18.2 Å². The fourth-order valence-electron chi connectivity index (χ4n) is 6.24. The number of para-hydroxylation sites is 5. The minimum Gasteiger partial charge on any atom is -0.457 e. The number of benzene rings is 5. The van der Waals surface area contributed by atoms with Crippen LogP contribution in [-0.2, 0) is 5.41 Å². The third kappa shape index (κ3) is 2.62. The molecule has 0 aliphatic carbocycles. The fraction of sp³-hybridized carbons (Fsp3) is 0.0303. The van der Waals surface area contributed by atoms with E-state index < -0.39 is 5.41 Å². The van der Waals surface area contributed by atoms with Gasteiger partial charge in [-0.05, 0) is 47.5 Å². The van der Waals surface area contributed by atoms with Crippen LogP contribution in [0.15, 0.2) is 128 Å². The van der Waals surface area contributed by atoms with Gasteiger partial charge >= 0.3 is 0 Å². The van der Waals surface area contributed by atoms with Gasteiger partial charge in [-0.1, -0.05) is 78.9 Å². The Hall–Kier alpha value is -4.96. The summed E-state index contributed by atoms with van der Waals surface area (Å²) in [6, 6.07) is 40.5. The quantitative estimate of drug-likeness (QED) is 0.242. The Morgan fingerprint density at radius 3 is 1.65 bits per heavy atom. The molecule has 1 spiro atoms. The zero-order valence-electron chi connectivity index (χ0n) is 19.9. The highest BCUT2D eigenvalue weighted by molar-refractivity contribution is 5.98. The van der Waals surface area contributed by atoms with Crippen LogP contribution in [0.5, 0.6) is 11.5 Å². The van der Waals surface area contributed by atoms with Crippen molar-refractivity contribution in [3.63, 3.8) is 0 Å². The Kier molecular flexibility index (Phi) is 4.12. The molecule has 0 radical (unpaired) electrons. The average molecular weight is 476 g/mol. The van der Waals surface area contributed by atoms with Crippen LogP contribution in [0.4, 0.5) is 17.1 Å². The number of ether oxygens (including phenoxy) is 1. The molecule has 37 heavy (non-hydrogen) atoms. The van der Waals surface area contributed by atoms with Gasteiger partial charge in [-0.15, -0.1) is 0 Å². The molecule has 0 fully saturated rings. The second-order valence-electron chi connectivity index (χ2n) is 9.42. The molecule has 4 nitrogen and oxygen atoms in total. The van der Waals surface area contributed by atoms with Crippen LogP contribution in [0.2, 0.25) is 0 Å². The molecule has 0 atom stereocenters. The molecule has 5 aromatic carbocycles. The first-order valence-corrected chi connectivity index (χ1v) is 12.4. The summed E-state index contributed by atoms with van der Waals surface area (Å²) in [6.45, 7) is 0. The van der Waals surface area contributed by atoms with E-state index in [0.717, 1.165) is 50.7 Å². The zero-order valence-corrected chi connectivity index (χ0v) is 19.9. The largest absolute Gasteiger partial charge is 0.457 e. The van der Waals surface area contributed by atoms with Crippen LogP contribution < -0.4 is 9.64 Å². The van der Waals surface area contributed by atoms with Gasteiger partial charge in [-0.25, -0.2) is 0 Å². The van der Waals surface area contributed by atoms with Crippen molar-refractivity contribution in [1.82, 2.24) is 9.97 Å². The minimum absolute atomic E-state index is 0.536. The molecule has 6 aromatic rings. The molecule has 0 saturated heterocycles. The summed E-state index contributed by atoms with van der Waals surface area (Å²) in [6.07, 6.45) is 3.51. The van der Waals surface area contributed by atoms with Gasteiger partial charge in [-0.3, -0.25) is 9.97 Å². The van der Waals surface area contributed by atoms with Gasteiger partial charge < -0.3 is 9.64 Å². The topological polar surface area (TPSA) is 38.2 Å². The van der Waals surface area contributed by atoms with Gasteiger partial charge in [0.1, 0.15) is 17.0 Å². The molecular weight excluding hydrogens is 454 g/mol. The zero-order chi connectivity index (χ0) is 24.4. The van der Waals surface area contributed by atoms with Gasteiger partial charge in [-0.2, -0.15) is 0 Å². The number of anilines is 3. The van der Waals surface area contributed by atoms with Crippen molar-refractivity contribution >= 4 is 28.1 Å². The van der Waals surface area contributed by atoms with Crippen molar-refractivity contribution in [2.24, 2.45) is 0 Å². The summed E-state index contributed by atoms with van der Waals surface area (Å²) < 4.78 is 6.47. The van der Waals surface area contributed by atoms with Gasteiger partial charge in [0.25, 0.3) is 0 Å². The second-order valence-corrected chi connectivity index (χ2v) is 9.42. The molecule has 2 aliphatic rings. The maximum atomic E-state index is 6.47. The molecule has 0 unspecified atom stereocenters. The van der Waals surface area contributed by atoms with E-state index in [0.29, 0.717) is 0 Å². The van der Waals surface area contributed by atoms with E-state index in [2.05, 4.69) is 107 Å². The van der Waals surface area contributed by atoms with Crippen LogP contribution in [0.3, 0.4) is 0 Å². The molecule has 0 bridgehead atoms. The Morgan fingerprint density at radius 2 is 1.00 bits per heavy atom. The number of hydrogen-bond acceptors (Lipinski definition) is 4. The maximum absolute atomic E-state index is 6.47. The van der Waals surface area contributed by atoms with Gasteiger partial charge in [0.05, 0.1) is 28.0 Å². The predicted octanol–water partition coefficient (Wildman–Crippen LogP) is 7.90. The summed E-state index contributed by atoms with van der Waals surface area (Å²) in [5.74, 6) is 1.77. The van der Waals surface area contributed by atoms with E-state index >= 15 is 0 Å². The molecule has 1 aromatic heterocycles. The van der Waals surface area contributed by atoms with E-state index in [4.69, 9.17) is 9.72 Å². The third-order valence-electron chi connectivity index (χ3n) is 7.62. The van der Waals surface area contributed by atoms with Crippen LogP contribution in [0.1, 0.15) is 22.3 Å². The first kappa shape index (κ1) is 20.3. The highest BCUT2D eigenvalue weighted by Crippen LogP contribution is 2.62. The maximum Gasteiger partial charge on any atom is 0.132 e. The fourth-order valence-corrected chi connectivity index (χ4v) is 6.24. The van der Waals surface area contributed by atoms with Gasteiger partial charge in [0.15, 0.2) is 0 Å². The lowest BCUT2D eigenvalue weighted by Crippen LogP contribution is -2.39.